The molecule has 0 aromatic rings. The van der Waals surface area contributed by atoms with Crippen molar-refractivity contribution in [3.05, 3.63) is 0 Å². The molecule has 0 spiro atoms. The van der Waals surface area contributed by atoms with Crippen molar-refractivity contribution in [2.75, 3.05) is 66.5 Å². The highest BCUT2D eigenvalue weighted by Gasteiger charge is 2.19. The van der Waals surface area contributed by atoms with Crippen LogP contribution in [0.3, 0.4) is 0 Å². The molecule has 0 aliphatic carbocycles. The van der Waals surface area contributed by atoms with Crippen LogP contribution in [-0.2, 0) is 9.59 Å². The van der Waals surface area contributed by atoms with Crippen LogP contribution in [0.5, 0.6) is 0 Å². The lowest BCUT2D eigenvalue weighted by molar-refractivity contribution is -0.128. The Morgan fingerprint density at radius 1 is 0.759 bits per heavy atom. The zero-order valence-electron chi connectivity index (χ0n) is 18.6. The first-order valence-electron chi connectivity index (χ1n) is 11.1. The van der Waals surface area contributed by atoms with Crippen molar-refractivity contribution in [3.63, 3.8) is 0 Å². The Labute approximate surface area is 177 Å². The molecule has 0 rings (SSSR count). The van der Waals surface area contributed by atoms with Crippen molar-refractivity contribution in [1.29, 1.82) is 0 Å². The Morgan fingerprint density at radius 3 is 2.00 bits per heavy atom. The van der Waals surface area contributed by atoms with Crippen LogP contribution in [0.2, 0.25) is 0 Å². The first-order chi connectivity index (χ1) is 14.2. The first kappa shape index (κ1) is 27.7. The summed E-state index contributed by atoms with van der Waals surface area (Å²) < 4.78 is 0. The summed E-state index contributed by atoms with van der Waals surface area (Å²) in [6.07, 6.45) is 6.71. The number of rotatable bonds is 21. The van der Waals surface area contributed by atoms with E-state index in [1.165, 1.54) is 0 Å². The number of nitrogens with one attached hydrogen (secondary N) is 6. The molecule has 1 atom stereocenters. The summed E-state index contributed by atoms with van der Waals surface area (Å²) in [5.74, 6) is -0.247. The number of hydrogen-bond acceptors (Lipinski definition) is 7. The monoisotopic (exact) mass is 415 g/mol. The van der Waals surface area contributed by atoms with E-state index in [1.807, 2.05) is 7.05 Å². The van der Waals surface area contributed by atoms with Crippen LogP contribution < -0.4 is 37.6 Å². The van der Waals surface area contributed by atoms with Crippen LogP contribution >= 0.6 is 0 Å². The molecule has 2 amide bonds. The lowest BCUT2D eigenvalue weighted by Gasteiger charge is -2.18. The molecule has 0 fully saturated rings. The van der Waals surface area contributed by atoms with Crippen molar-refractivity contribution in [2.45, 2.75) is 51.0 Å². The third-order valence-electron chi connectivity index (χ3n) is 4.50. The zero-order chi connectivity index (χ0) is 21.6. The van der Waals surface area contributed by atoms with Gasteiger partial charge in [-0.3, -0.25) is 9.59 Å². The van der Waals surface area contributed by atoms with Gasteiger partial charge in [0.25, 0.3) is 0 Å². The third kappa shape index (κ3) is 18.5. The van der Waals surface area contributed by atoms with Gasteiger partial charge >= 0.3 is 0 Å². The number of carbonyl (C=O) groups is 2. The molecule has 29 heavy (non-hydrogen) atoms. The Hall–Kier alpha value is -1.26. The van der Waals surface area contributed by atoms with E-state index < -0.39 is 6.04 Å². The highest BCUT2D eigenvalue weighted by molar-refractivity contribution is 5.88. The van der Waals surface area contributed by atoms with Gasteiger partial charge < -0.3 is 37.6 Å². The van der Waals surface area contributed by atoms with Gasteiger partial charge in [-0.1, -0.05) is 0 Å². The maximum absolute atomic E-state index is 12.4. The number of carbonyl (C=O) groups excluding carboxylic acids is 2. The molecule has 9 heteroatoms. The van der Waals surface area contributed by atoms with Crippen LogP contribution in [0, 0.1) is 0 Å². The number of unbranched alkanes of at least 4 members (excludes halogenated alkanes) is 2. The average molecular weight is 416 g/mol. The highest BCUT2D eigenvalue weighted by Crippen LogP contribution is 2.01. The van der Waals surface area contributed by atoms with Crippen LogP contribution in [0.4, 0.5) is 0 Å². The molecule has 8 N–H and O–H groups in total. The molecule has 0 radical (unpaired) electrons. The smallest absolute Gasteiger partial charge is 0.242 e. The van der Waals surface area contributed by atoms with E-state index >= 15 is 0 Å². The fraction of sp³-hybridized carbons (Fsp3) is 0.900. The number of likely N-dealkylation sites (N-methyl/N-ethyl adjacent to an activating group) is 1. The molecule has 0 saturated carbocycles. The summed E-state index contributed by atoms with van der Waals surface area (Å²) in [7, 11) is 3.63. The Kier molecular flexibility index (Phi) is 20.5. The summed E-state index contributed by atoms with van der Waals surface area (Å²) in [6.45, 7) is 6.37. The normalized spacial score (nSPS) is 12.0. The van der Waals surface area contributed by atoms with E-state index in [-0.39, 0.29) is 18.4 Å². The molecule has 0 aliphatic heterocycles. The van der Waals surface area contributed by atoms with Gasteiger partial charge in [-0.25, -0.2) is 0 Å². The minimum absolute atomic E-state index is 0.0949. The fourth-order valence-electron chi connectivity index (χ4n) is 2.85. The fourth-order valence-corrected chi connectivity index (χ4v) is 2.85. The van der Waals surface area contributed by atoms with Crippen molar-refractivity contribution < 1.29 is 9.59 Å². The van der Waals surface area contributed by atoms with Crippen molar-refractivity contribution >= 4 is 11.8 Å². The Balaban J connectivity index is 3.83. The number of amides is 2. The minimum Gasteiger partial charge on any atom is -0.354 e. The average Bonchev–Trinajstić information content (AvgIpc) is 2.71. The van der Waals surface area contributed by atoms with E-state index in [0.717, 1.165) is 77.8 Å². The maximum atomic E-state index is 12.4. The van der Waals surface area contributed by atoms with Crippen molar-refractivity contribution in [3.8, 4) is 0 Å². The molecular weight excluding hydrogens is 370 g/mol. The number of nitrogens with two attached hydrogens (primary N) is 1. The maximum Gasteiger partial charge on any atom is 0.242 e. The predicted octanol–water partition coefficient (Wildman–Crippen LogP) is -1.11. The van der Waals surface area contributed by atoms with Gasteiger partial charge in [-0.05, 0) is 98.3 Å². The van der Waals surface area contributed by atoms with Gasteiger partial charge in [0.2, 0.25) is 11.8 Å². The van der Waals surface area contributed by atoms with Gasteiger partial charge in [-0.15, -0.1) is 0 Å². The summed E-state index contributed by atoms with van der Waals surface area (Å²) >= 11 is 0. The van der Waals surface area contributed by atoms with Gasteiger partial charge in [0.15, 0.2) is 0 Å². The molecule has 0 aromatic heterocycles. The second-order valence-electron chi connectivity index (χ2n) is 7.24. The highest BCUT2D eigenvalue weighted by atomic mass is 16.2. The lowest BCUT2D eigenvalue weighted by atomic mass is 10.1. The molecule has 9 nitrogen and oxygen atoms in total. The standard InChI is InChI=1S/C20H45N7O2/c1-22-11-4-3-9-18(27-19(28)17-23-2)20(29)26-16-8-15-25-13-6-5-12-24-14-7-10-21/h18,22-25H,3-17,21H2,1-2H3,(H,26,29)(H,27,28). The van der Waals surface area contributed by atoms with Crippen LogP contribution in [0.25, 0.3) is 0 Å². The second kappa shape index (κ2) is 21.4. The quantitative estimate of drug-likeness (QED) is 0.118. The summed E-state index contributed by atoms with van der Waals surface area (Å²) in [4.78, 5) is 24.3. The topological polar surface area (TPSA) is 132 Å². The predicted molar refractivity (Wildman–Crippen MR) is 120 cm³/mol. The van der Waals surface area contributed by atoms with Gasteiger partial charge in [0, 0.05) is 6.54 Å². The summed E-state index contributed by atoms with van der Waals surface area (Å²) in [6, 6.07) is -0.465. The Morgan fingerprint density at radius 2 is 1.38 bits per heavy atom. The van der Waals surface area contributed by atoms with Crippen molar-refractivity contribution in [2.24, 2.45) is 5.73 Å². The van der Waals surface area contributed by atoms with Gasteiger partial charge in [-0.2, -0.15) is 0 Å². The molecule has 0 saturated heterocycles. The Bertz CT molecular complexity index is 397. The molecule has 172 valence electrons. The van der Waals surface area contributed by atoms with E-state index in [9.17, 15) is 9.59 Å². The van der Waals surface area contributed by atoms with Crippen LogP contribution in [0.1, 0.15) is 44.9 Å². The first-order valence-corrected chi connectivity index (χ1v) is 11.1. The summed E-state index contributed by atoms with van der Waals surface area (Å²) in [5.41, 5.74) is 5.45. The van der Waals surface area contributed by atoms with E-state index in [4.69, 9.17) is 5.73 Å². The van der Waals surface area contributed by atoms with Crippen molar-refractivity contribution in [1.82, 2.24) is 31.9 Å². The largest absolute Gasteiger partial charge is 0.354 e. The van der Waals surface area contributed by atoms with Crippen LogP contribution in [0.15, 0.2) is 0 Å². The van der Waals surface area contributed by atoms with Gasteiger partial charge in [0.1, 0.15) is 6.04 Å². The SMILES string of the molecule is CNCCCCC(NC(=O)CNC)C(=O)NCCCNCCCCNCCCN. The van der Waals surface area contributed by atoms with Gasteiger partial charge in [0.05, 0.1) is 6.54 Å². The number of hydrogen-bond donors (Lipinski definition) is 7. The summed E-state index contributed by atoms with van der Waals surface area (Å²) in [5, 5.41) is 18.5. The molecular formula is C20H45N7O2. The lowest BCUT2D eigenvalue weighted by Crippen LogP contribution is -2.49. The molecule has 1 unspecified atom stereocenters. The second-order valence-corrected chi connectivity index (χ2v) is 7.24. The third-order valence-corrected chi connectivity index (χ3v) is 4.50. The zero-order valence-corrected chi connectivity index (χ0v) is 18.6. The van der Waals surface area contributed by atoms with E-state index in [2.05, 4.69) is 31.9 Å². The molecule has 0 heterocycles. The minimum atomic E-state index is -0.465. The van der Waals surface area contributed by atoms with E-state index in [0.29, 0.717) is 13.0 Å². The molecule has 0 bridgehead atoms. The van der Waals surface area contributed by atoms with Crippen LogP contribution in [-0.4, -0.2) is 84.3 Å². The van der Waals surface area contributed by atoms with E-state index in [1.54, 1.807) is 7.05 Å². The molecule has 0 aromatic carbocycles. The molecule has 0 aliphatic rings.